The molecule has 1 aliphatic heterocycles. The Hall–Kier alpha value is -2.14. The predicted molar refractivity (Wildman–Crippen MR) is 77.0 cm³/mol. The molecule has 2 heterocycles. The smallest absolute Gasteiger partial charge is 0.256 e. The second-order valence-electron chi connectivity index (χ2n) is 5.32. The van der Waals surface area contributed by atoms with E-state index in [2.05, 4.69) is 22.6 Å². The van der Waals surface area contributed by atoms with Gasteiger partial charge in [0.1, 0.15) is 11.3 Å². The summed E-state index contributed by atoms with van der Waals surface area (Å²) in [6, 6.07) is 8.24. The van der Waals surface area contributed by atoms with Crippen LogP contribution in [-0.2, 0) is 17.8 Å². The van der Waals surface area contributed by atoms with Crippen LogP contribution in [0.25, 0.3) is 0 Å². The number of ether oxygens (including phenoxy) is 1. The molecule has 1 aliphatic rings. The Balaban J connectivity index is 1.61. The summed E-state index contributed by atoms with van der Waals surface area (Å²) >= 11 is 0. The largest absolute Gasteiger partial charge is 0.371 e. The molecule has 0 saturated heterocycles. The standard InChI is InChI=1S/C16H18N2O3/c1-10-15(11(2)21-18-10)16(19)17-8-14-7-12-5-3-4-6-13(12)9-20-14/h3-6,14H,7-9H2,1-2H3,(H,17,19)/t14-/m1/s1. The van der Waals surface area contributed by atoms with Crippen LogP contribution in [0.3, 0.4) is 0 Å². The Kier molecular flexibility index (Phi) is 3.75. The summed E-state index contributed by atoms with van der Waals surface area (Å²) in [5, 5.41) is 6.70. The van der Waals surface area contributed by atoms with Gasteiger partial charge in [-0.3, -0.25) is 4.79 Å². The predicted octanol–water partition coefficient (Wildman–Crippen LogP) is 2.16. The van der Waals surface area contributed by atoms with Gasteiger partial charge in [-0.15, -0.1) is 0 Å². The van der Waals surface area contributed by atoms with Crippen LogP contribution in [0, 0.1) is 13.8 Å². The number of aromatic nitrogens is 1. The topological polar surface area (TPSA) is 64.4 Å². The highest BCUT2D eigenvalue weighted by Crippen LogP contribution is 2.20. The third kappa shape index (κ3) is 2.83. The number of benzene rings is 1. The SMILES string of the molecule is Cc1noc(C)c1C(=O)NC[C@H]1Cc2ccccc2CO1. The maximum atomic E-state index is 12.2. The first-order chi connectivity index (χ1) is 10.1. The highest BCUT2D eigenvalue weighted by molar-refractivity contribution is 5.96. The van der Waals surface area contributed by atoms with E-state index in [1.54, 1.807) is 13.8 Å². The zero-order chi connectivity index (χ0) is 14.8. The van der Waals surface area contributed by atoms with Gasteiger partial charge in [0.25, 0.3) is 5.91 Å². The molecule has 0 radical (unpaired) electrons. The van der Waals surface area contributed by atoms with Crippen LogP contribution >= 0.6 is 0 Å². The van der Waals surface area contributed by atoms with E-state index in [4.69, 9.17) is 9.26 Å². The van der Waals surface area contributed by atoms with Crippen LogP contribution in [0.4, 0.5) is 0 Å². The molecule has 1 amide bonds. The molecule has 0 bridgehead atoms. The fourth-order valence-electron chi connectivity index (χ4n) is 2.64. The lowest BCUT2D eigenvalue weighted by molar-refractivity contribution is 0.0284. The lowest BCUT2D eigenvalue weighted by atomic mass is 9.99. The van der Waals surface area contributed by atoms with E-state index in [-0.39, 0.29) is 12.0 Å². The number of fused-ring (bicyclic) bond motifs is 1. The van der Waals surface area contributed by atoms with Crippen molar-refractivity contribution in [3.05, 3.63) is 52.4 Å². The van der Waals surface area contributed by atoms with E-state index in [0.29, 0.717) is 30.2 Å². The molecular formula is C16H18N2O3. The minimum Gasteiger partial charge on any atom is -0.371 e. The number of carbonyl (C=O) groups excluding carboxylic acids is 1. The summed E-state index contributed by atoms with van der Waals surface area (Å²) in [4.78, 5) is 12.2. The van der Waals surface area contributed by atoms with E-state index in [1.165, 1.54) is 11.1 Å². The summed E-state index contributed by atoms with van der Waals surface area (Å²) in [5.74, 6) is 0.383. The molecule has 5 heteroatoms. The normalized spacial score (nSPS) is 17.3. The van der Waals surface area contributed by atoms with Gasteiger partial charge in [-0.1, -0.05) is 29.4 Å². The number of hydrogen-bond donors (Lipinski definition) is 1. The average molecular weight is 286 g/mol. The Bertz CT molecular complexity index is 644. The Labute approximate surface area is 123 Å². The van der Waals surface area contributed by atoms with E-state index in [1.807, 2.05) is 12.1 Å². The van der Waals surface area contributed by atoms with Crippen LogP contribution < -0.4 is 5.32 Å². The van der Waals surface area contributed by atoms with Gasteiger partial charge in [-0.25, -0.2) is 0 Å². The minimum absolute atomic E-state index is 0.00400. The summed E-state index contributed by atoms with van der Waals surface area (Å²) in [7, 11) is 0. The highest BCUT2D eigenvalue weighted by Gasteiger charge is 2.22. The van der Waals surface area contributed by atoms with Gasteiger partial charge in [0.2, 0.25) is 0 Å². The Morgan fingerprint density at radius 1 is 1.33 bits per heavy atom. The van der Waals surface area contributed by atoms with Gasteiger partial charge in [0.05, 0.1) is 18.4 Å². The van der Waals surface area contributed by atoms with E-state index in [0.717, 1.165) is 6.42 Å². The van der Waals surface area contributed by atoms with Gasteiger partial charge in [-0.2, -0.15) is 0 Å². The number of nitrogens with zero attached hydrogens (tertiary/aromatic N) is 1. The maximum absolute atomic E-state index is 12.2. The van der Waals surface area contributed by atoms with Gasteiger partial charge in [0, 0.05) is 13.0 Å². The second kappa shape index (κ2) is 5.69. The van der Waals surface area contributed by atoms with Crippen molar-refractivity contribution in [2.75, 3.05) is 6.54 Å². The molecule has 0 fully saturated rings. The van der Waals surface area contributed by atoms with Gasteiger partial charge in [-0.05, 0) is 25.0 Å². The fourth-order valence-corrected chi connectivity index (χ4v) is 2.64. The average Bonchev–Trinajstić information content (AvgIpc) is 2.84. The molecule has 21 heavy (non-hydrogen) atoms. The summed E-state index contributed by atoms with van der Waals surface area (Å²) in [6.45, 7) is 4.58. The quantitative estimate of drug-likeness (QED) is 0.939. The number of amides is 1. The number of rotatable bonds is 3. The van der Waals surface area contributed by atoms with Gasteiger partial charge >= 0.3 is 0 Å². The maximum Gasteiger partial charge on any atom is 0.256 e. The van der Waals surface area contributed by atoms with Crippen molar-refractivity contribution in [3.8, 4) is 0 Å². The van der Waals surface area contributed by atoms with Gasteiger partial charge < -0.3 is 14.6 Å². The number of carbonyl (C=O) groups is 1. The molecule has 3 rings (SSSR count). The number of aryl methyl sites for hydroxylation is 2. The van der Waals surface area contributed by atoms with Crippen molar-refractivity contribution < 1.29 is 14.1 Å². The zero-order valence-electron chi connectivity index (χ0n) is 12.2. The third-order valence-corrected chi connectivity index (χ3v) is 3.79. The Morgan fingerprint density at radius 3 is 2.81 bits per heavy atom. The van der Waals surface area contributed by atoms with Crippen molar-refractivity contribution in [2.24, 2.45) is 0 Å². The highest BCUT2D eigenvalue weighted by atomic mass is 16.5. The monoisotopic (exact) mass is 286 g/mol. The van der Waals surface area contributed by atoms with Crippen molar-refractivity contribution in [1.29, 1.82) is 0 Å². The molecular weight excluding hydrogens is 268 g/mol. The van der Waals surface area contributed by atoms with E-state index in [9.17, 15) is 4.79 Å². The molecule has 1 atom stereocenters. The summed E-state index contributed by atoms with van der Waals surface area (Å²) in [5.41, 5.74) is 3.65. The van der Waals surface area contributed by atoms with Crippen molar-refractivity contribution in [1.82, 2.24) is 10.5 Å². The van der Waals surface area contributed by atoms with Crippen molar-refractivity contribution >= 4 is 5.91 Å². The number of hydrogen-bond acceptors (Lipinski definition) is 4. The third-order valence-electron chi connectivity index (χ3n) is 3.79. The first-order valence-corrected chi connectivity index (χ1v) is 7.04. The molecule has 0 saturated carbocycles. The minimum atomic E-state index is -0.159. The first-order valence-electron chi connectivity index (χ1n) is 7.04. The molecule has 0 unspecified atom stereocenters. The van der Waals surface area contributed by atoms with Crippen LogP contribution in [0.2, 0.25) is 0 Å². The lowest BCUT2D eigenvalue weighted by Crippen LogP contribution is -2.37. The van der Waals surface area contributed by atoms with Crippen molar-refractivity contribution in [2.45, 2.75) is 33.0 Å². The molecule has 5 nitrogen and oxygen atoms in total. The molecule has 0 spiro atoms. The van der Waals surface area contributed by atoms with E-state index < -0.39 is 0 Å². The molecule has 1 N–H and O–H groups in total. The molecule has 0 aliphatic carbocycles. The fraction of sp³-hybridized carbons (Fsp3) is 0.375. The Morgan fingerprint density at radius 2 is 2.10 bits per heavy atom. The van der Waals surface area contributed by atoms with Crippen molar-refractivity contribution in [3.63, 3.8) is 0 Å². The van der Waals surface area contributed by atoms with Crippen LogP contribution in [0.5, 0.6) is 0 Å². The molecule has 110 valence electrons. The summed E-state index contributed by atoms with van der Waals surface area (Å²) < 4.78 is 10.8. The molecule has 1 aromatic carbocycles. The lowest BCUT2D eigenvalue weighted by Gasteiger charge is -2.25. The second-order valence-corrected chi connectivity index (χ2v) is 5.32. The van der Waals surface area contributed by atoms with Crippen LogP contribution in [0.1, 0.15) is 32.9 Å². The van der Waals surface area contributed by atoms with E-state index >= 15 is 0 Å². The van der Waals surface area contributed by atoms with Gasteiger partial charge in [0.15, 0.2) is 0 Å². The molecule has 1 aromatic heterocycles. The van der Waals surface area contributed by atoms with Crippen LogP contribution in [-0.4, -0.2) is 23.7 Å². The summed E-state index contributed by atoms with van der Waals surface area (Å²) in [6.07, 6.45) is 0.822. The first kappa shape index (κ1) is 13.8. The molecule has 2 aromatic rings. The zero-order valence-corrected chi connectivity index (χ0v) is 12.2. The van der Waals surface area contributed by atoms with Crippen LogP contribution in [0.15, 0.2) is 28.8 Å². The number of nitrogens with one attached hydrogen (secondary N) is 1.